The van der Waals surface area contributed by atoms with Crippen LogP contribution in [0.3, 0.4) is 0 Å². The van der Waals surface area contributed by atoms with E-state index < -0.39 is 0 Å². The second kappa shape index (κ2) is 3.84. The van der Waals surface area contributed by atoms with Crippen LogP contribution in [0.4, 0.5) is 0 Å². The number of H-pyrrole nitrogens is 1. The molecule has 86 valence electrons. The summed E-state index contributed by atoms with van der Waals surface area (Å²) < 4.78 is 0. The number of nitrogens with two attached hydrogens (primary N) is 2. The van der Waals surface area contributed by atoms with E-state index in [0.717, 1.165) is 27.5 Å². The van der Waals surface area contributed by atoms with E-state index >= 15 is 0 Å². The third-order valence-corrected chi connectivity index (χ3v) is 3.04. The summed E-state index contributed by atoms with van der Waals surface area (Å²) in [6, 6.07) is 9.80. The lowest BCUT2D eigenvalue weighted by atomic mass is 10.1. The van der Waals surface area contributed by atoms with Crippen molar-refractivity contribution in [3.8, 4) is 0 Å². The molecule has 3 rings (SSSR count). The highest BCUT2D eigenvalue weighted by atomic mass is 14.8. The lowest BCUT2D eigenvalue weighted by molar-refractivity contribution is 0.722. The van der Waals surface area contributed by atoms with Crippen LogP contribution in [0.2, 0.25) is 0 Å². The summed E-state index contributed by atoms with van der Waals surface area (Å²) in [4.78, 5) is 7.87. The summed E-state index contributed by atoms with van der Waals surface area (Å²) in [7, 11) is 0. The van der Waals surface area contributed by atoms with E-state index in [-0.39, 0.29) is 6.04 Å². The summed E-state index contributed by atoms with van der Waals surface area (Å²) in [6.07, 6.45) is 1.91. The van der Waals surface area contributed by atoms with Crippen LogP contribution in [-0.4, -0.2) is 16.5 Å². The predicted octanol–water partition coefficient (Wildman–Crippen LogP) is 1.67. The minimum Gasteiger partial charge on any atom is -0.361 e. The lowest BCUT2D eigenvalue weighted by Crippen LogP contribution is -2.22. The van der Waals surface area contributed by atoms with E-state index in [1.165, 1.54) is 0 Å². The van der Waals surface area contributed by atoms with Gasteiger partial charge in [-0.1, -0.05) is 18.2 Å². The Morgan fingerprint density at radius 3 is 2.82 bits per heavy atom. The Bertz CT molecular complexity index is 671. The first-order valence-corrected chi connectivity index (χ1v) is 5.62. The Kier molecular flexibility index (Phi) is 2.31. The van der Waals surface area contributed by atoms with Crippen molar-refractivity contribution in [2.75, 3.05) is 6.54 Å². The van der Waals surface area contributed by atoms with Gasteiger partial charge in [-0.25, -0.2) is 0 Å². The van der Waals surface area contributed by atoms with Crippen molar-refractivity contribution in [2.45, 2.75) is 6.04 Å². The molecule has 0 aliphatic heterocycles. The molecule has 0 saturated heterocycles. The lowest BCUT2D eigenvalue weighted by Gasteiger charge is -2.11. The Hall–Kier alpha value is -1.91. The molecule has 0 bridgehead atoms. The van der Waals surface area contributed by atoms with Gasteiger partial charge in [-0.05, 0) is 12.1 Å². The number of hydrogen-bond acceptors (Lipinski definition) is 3. The summed E-state index contributed by atoms with van der Waals surface area (Å²) >= 11 is 0. The first-order valence-electron chi connectivity index (χ1n) is 5.62. The van der Waals surface area contributed by atoms with E-state index in [0.29, 0.717) is 6.54 Å². The molecule has 0 aliphatic rings. The molecule has 0 spiro atoms. The Morgan fingerprint density at radius 2 is 2.00 bits per heavy atom. The fraction of sp³-hybridized carbons (Fsp3) is 0.154. The van der Waals surface area contributed by atoms with Crippen LogP contribution < -0.4 is 11.5 Å². The van der Waals surface area contributed by atoms with Crippen LogP contribution >= 0.6 is 0 Å². The molecule has 1 aromatic carbocycles. The van der Waals surface area contributed by atoms with Crippen LogP contribution in [0.25, 0.3) is 21.8 Å². The van der Waals surface area contributed by atoms with E-state index in [2.05, 4.69) is 16.0 Å². The largest absolute Gasteiger partial charge is 0.361 e. The number of nitrogens with zero attached hydrogens (tertiary/aromatic N) is 1. The SMILES string of the molecule is NCC(N)c1nc2ccccc2c2[nH]ccc12. The van der Waals surface area contributed by atoms with Gasteiger partial charge in [0.1, 0.15) is 0 Å². The Balaban J connectivity index is 2.43. The minimum atomic E-state index is -0.224. The normalized spacial score (nSPS) is 13.3. The fourth-order valence-electron chi connectivity index (χ4n) is 2.17. The quantitative estimate of drug-likeness (QED) is 0.621. The number of hydrogen-bond donors (Lipinski definition) is 3. The van der Waals surface area contributed by atoms with Gasteiger partial charge in [0, 0.05) is 23.5 Å². The maximum atomic E-state index is 6.01. The molecule has 4 nitrogen and oxygen atoms in total. The number of pyridine rings is 1. The van der Waals surface area contributed by atoms with Crippen LogP contribution in [0.15, 0.2) is 36.5 Å². The van der Waals surface area contributed by atoms with Gasteiger partial charge < -0.3 is 16.5 Å². The average molecular weight is 226 g/mol. The van der Waals surface area contributed by atoms with Crippen LogP contribution in [0, 0.1) is 0 Å². The molecule has 2 aromatic heterocycles. The minimum absolute atomic E-state index is 0.224. The number of rotatable bonds is 2. The van der Waals surface area contributed by atoms with Crippen molar-refractivity contribution in [3.05, 3.63) is 42.2 Å². The molecule has 2 heterocycles. The maximum Gasteiger partial charge on any atom is 0.0727 e. The molecule has 0 saturated carbocycles. The van der Waals surface area contributed by atoms with E-state index in [4.69, 9.17) is 11.5 Å². The zero-order valence-electron chi connectivity index (χ0n) is 9.35. The van der Waals surface area contributed by atoms with Crippen molar-refractivity contribution in [1.82, 2.24) is 9.97 Å². The summed E-state index contributed by atoms with van der Waals surface area (Å²) in [5.74, 6) is 0. The van der Waals surface area contributed by atoms with Gasteiger partial charge in [0.05, 0.1) is 22.8 Å². The number of para-hydroxylation sites is 1. The standard InChI is InChI=1S/C13H14N4/c14-7-10(15)13-9-5-6-16-12(9)8-3-1-2-4-11(8)17-13/h1-6,10,16H,7,14-15H2. The molecule has 1 unspecified atom stereocenters. The Morgan fingerprint density at radius 1 is 1.18 bits per heavy atom. The number of nitrogens with one attached hydrogen (secondary N) is 1. The van der Waals surface area contributed by atoms with Gasteiger partial charge in [0.15, 0.2) is 0 Å². The summed E-state index contributed by atoms with van der Waals surface area (Å²) in [6.45, 7) is 0.394. The van der Waals surface area contributed by atoms with Crippen LogP contribution in [0.1, 0.15) is 11.7 Å². The zero-order valence-corrected chi connectivity index (χ0v) is 9.35. The molecular formula is C13H14N4. The average Bonchev–Trinajstić information content (AvgIpc) is 2.86. The first-order chi connectivity index (χ1) is 8.31. The van der Waals surface area contributed by atoms with Gasteiger partial charge in [-0.2, -0.15) is 0 Å². The van der Waals surface area contributed by atoms with Gasteiger partial charge in [-0.3, -0.25) is 4.98 Å². The van der Waals surface area contributed by atoms with Gasteiger partial charge >= 0.3 is 0 Å². The number of aromatic nitrogens is 2. The van der Waals surface area contributed by atoms with E-state index in [1.54, 1.807) is 0 Å². The van der Waals surface area contributed by atoms with Gasteiger partial charge in [0.2, 0.25) is 0 Å². The molecule has 17 heavy (non-hydrogen) atoms. The second-order valence-electron chi connectivity index (χ2n) is 4.12. The second-order valence-corrected chi connectivity index (χ2v) is 4.12. The van der Waals surface area contributed by atoms with Crippen LogP contribution in [0.5, 0.6) is 0 Å². The molecule has 0 aliphatic carbocycles. The zero-order chi connectivity index (χ0) is 11.8. The molecule has 0 fully saturated rings. The van der Waals surface area contributed by atoms with E-state index in [9.17, 15) is 0 Å². The van der Waals surface area contributed by atoms with E-state index in [1.807, 2.05) is 30.5 Å². The third-order valence-electron chi connectivity index (χ3n) is 3.04. The molecular weight excluding hydrogens is 212 g/mol. The molecule has 5 N–H and O–H groups in total. The Labute approximate surface area is 98.6 Å². The predicted molar refractivity (Wildman–Crippen MR) is 69.6 cm³/mol. The highest BCUT2D eigenvalue weighted by Crippen LogP contribution is 2.27. The topological polar surface area (TPSA) is 80.7 Å². The highest BCUT2D eigenvalue weighted by molar-refractivity contribution is 6.04. The third kappa shape index (κ3) is 1.50. The van der Waals surface area contributed by atoms with Crippen molar-refractivity contribution in [1.29, 1.82) is 0 Å². The number of fused-ring (bicyclic) bond motifs is 3. The fourth-order valence-corrected chi connectivity index (χ4v) is 2.17. The first kappa shape index (κ1) is 10.3. The number of aromatic amines is 1. The van der Waals surface area contributed by atoms with Crippen molar-refractivity contribution >= 4 is 21.8 Å². The molecule has 3 aromatic rings. The molecule has 1 atom stereocenters. The summed E-state index contributed by atoms with van der Waals surface area (Å²) in [5.41, 5.74) is 14.5. The smallest absolute Gasteiger partial charge is 0.0727 e. The number of benzene rings is 1. The van der Waals surface area contributed by atoms with Crippen LogP contribution in [-0.2, 0) is 0 Å². The van der Waals surface area contributed by atoms with Gasteiger partial charge in [-0.15, -0.1) is 0 Å². The van der Waals surface area contributed by atoms with Crippen molar-refractivity contribution in [2.24, 2.45) is 11.5 Å². The maximum absolute atomic E-state index is 6.01. The van der Waals surface area contributed by atoms with Crippen molar-refractivity contribution < 1.29 is 0 Å². The van der Waals surface area contributed by atoms with Gasteiger partial charge in [0.25, 0.3) is 0 Å². The molecule has 0 amide bonds. The molecule has 4 heteroatoms. The molecule has 0 radical (unpaired) electrons. The highest BCUT2D eigenvalue weighted by Gasteiger charge is 2.13. The van der Waals surface area contributed by atoms with Crippen molar-refractivity contribution in [3.63, 3.8) is 0 Å². The summed E-state index contributed by atoms with van der Waals surface area (Å²) in [5, 5.41) is 2.17. The monoisotopic (exact) mass is 226 g/mol.